The van der Waals surface area contributed by atoms with Crippen molar-refractivity contribution in [2.45, 2.75) is 6.54 Å². The standard InChI is InChI=1S/C22H22F3N7/c1-30(2)12-13-4-6-14(7-5-13)15-10-16(21(26)27-11-15)22-28-29-31(3)32(22)20-18(24)9-8-17(23)19(20)25/h4-11,29H,12H2,1-3H3,(H2,26,27). The number of pyridine rings is 1. The zero-order valence-electron chi connectivity index (χ0n) is 17.8. The Labute approximate surface area is 183 Å². The maximum atomic E-state index is 14.5. The van der Waals surface area contributed by atoms with Gasteiger partial charge in [-0.15, -0.1) is 10.2 Å². The Bertz CT molecular complexity index is 1180. The summed E-state index contributed by atoms with van der Waals surface area (Å²) in [6.07, 6.45) is 1.61. The van der Waals surface area contributed by atoms with Gasteiger partial charge in [0.1, 0.15) is 11.5 Å². The molecule has 0 radical (unpaired) electrons. The summed E-state index contributed by atoms with van der Waals surface area (Å²) in [4.78, 5) is 6.31. The Kier molecular flexibility index (Phi) is 5.72. The molecule has 10 heteroatoms. The van der Waals surface area contributed by atoms with Crippen molar-refractivity contribution in [1.29, 1.82) is 0 Å². The van der Waals surface area contributed by atoms with Crippen LogP contribution in [0.3, 0.4) is 0 Å². The second-order valence-corrected chi connectivity index (χ2v) is 7.65. The quantitative estimate of drug-likeness (QED) is 0.592. The van der Waals surface area contributed by atoms with Gasteiger partial charge in [0, 0.05) is 25.4 Å². The Morgan fingerprint density at radius 2 is 1.69 bits per heavy atom. The van der Waals surface area contributed by atoms with Crippen LogP contribution < -0.4 is 16.3 Å². The van der Waals surface area contributed by atoms with E-state index in [-0.39, 0.29) is 11.7 Å². The topological polar surface area (TPSA) is 73.0 Å². The predicted molar refractivity (Wildman–Crippen MR) is 118 cm³/mol. The molecule has 0 atom stereocenters. The van der Waals surface area contributed by atoms with Crippen LogP contribution in [-0.2, 0) is 6.54 Å². The molecule has 32 heavy (non-hydrogen) atoms. The predicted octanol–water partition coefficient (Wildman–Crippen LogP) is 3.34. The smallest absolute Gasteiger partial charge is 0.187 e. The average Bonchev–Trinajstić information content (AvgIpc) is 3.13. The SMILES string of the molecule is CN(C)Cc1ccc(-c2cnc(N)c(C3=NNN(C)N3c3c(F)ccc(F)c3F)c2)cc1. The van der Waals surface area contributed by atoms with Gasteiger partial charge >= 0.3 is 0 Å². The number of hydrazone groups is 1. The van der Waals surface area contributed by atoms with Crippen molar-refractivity contribution < 1.29 is 13.2 Å². The Morgan fingerprint density at radius 3 is 2.38 bits per heavy atom. The van der Waals surface area contributed by atoms with E-state index in [0.717, 1.165) is 40.4 Å². The first kappa shape index (κ1) is 21.6. The van der Waals surface area contributed by atoms with Crippen molar-refractivity contribution in [3.8, 4) is 11.1 Å². The molecule has 0 unspecified atom stereocenters. The summed E-state index contributed by atoms with van der Waals surface area (Å²) < 4.78 is 42.9. The second kappa shape index (κ2) is 8.48. The van der Waals surface area contributed by atoms with Gasteiger partial charge < -0.3 is 10.6 Å². The molecule has 0 aliphatic carbocycles. The second-order valence-electron chi connectivity index (χ2n) is 7.65. The van der Waals surface area contributed by atoms with Gasteiger partial charge in [0.15, 0.2) is 23.3 Å². The molecule has 4 rings (SSSR count). The summed E-state index contributed by atoms with van der Waals surface area (Å²) in [5.74, 6) is -3.29. The summed E-state index contributed by atoms with van der Waals surface area (Å²) in [7, 11) is 5.47. The number of rotatable bonds is 5. The minimum absolute atomic E-state index is 0.0759. The number of hydrazine groups is 2. The van der Waals surface area contributed by atoms with Gasteiger partial charge in [0.25, 0.3) is 0 Å². The number of nitrogens with one attached hydrogen (secondary N) is 1. The Balaban J connectivity index is 1.74. The van der Waals surface area contributed by atoms with E-state index in [2.05, 4.69) is 20.5 Å². The molecule has 0 fully saturated rings. The third kappa shape index (κ3) is 3.97. The number of benzene rings is 2. The fraction of sp³-hybridized carbons (Fsp3) is 0.182. The number of halogens is 3. The van der Waals surface area contributed by atoms with Crippen molar-refractivity contribution >= 4 is 17.3 Å². The maximum Gasteiger partial charge on any atom is 0.187 e. The van der Waals surface area contributed by atoms with Crippen LogP contribution >= 0.6 is 0 Å². The molecule has 7 nitrogen and oxygen atoms in total. The first-order chi connectivity index (χ1) is 15.3. The largest absolute Gasteiger partial charge is 0.383 e. The van der Waals surface area contributed by atoms with Crippen LogP contribution in [0, 0.1) is 17.5 Å². The molecule has 0 amide bonds. The van der Waals surface area contributed by atoms with Gasteiger partial charge in [0.05, 0.1) is 5.56 Å². The molecule has 3 aromatic rings. The summed E-state index contributed by atoms with van der Waals surface area (Å²) in [6, 6.07) is 11.2. The van der Waals surface area contributed by atoms with E-state index in [1.807, 2.05) is 38.4 Å². The molecule has 2 aromatic carbocycles. The van der Waals surface area contributed by atoms with Crippen molar-refractivity contribution in [1.82, 2.24) is 20.5 Å². The van der Waals surface area contributed by atoms with Crippen LogP contribution in [0.25, 0.3) is 11.1 Å². The number of amidine groups is 1. The van der Waals surface area contributed by atoms with Crippen molar-refractivity contribution in [2.75, 3.05) is 31.9 Å². The number of aromatic nitrogens is 1. The van der Waals surface area contributed by atoms with Crippen LogP contribution in [0.5, 0.6) is 0 Å². The molecule has 3 N–H and O–H groups in total. The lowest BCUT2D eigenvalue weighted by atomic mass is 10.0. The van der Waals surface area contributed by atoms with E-state index >= 15 is 0 Å². The molecule has 0 spiro atoms. The van der Waals surface area contributed by atoms with E-state index < -0.39 is 23.1 Å². The lowest BCUT2D eigenvalue weighted by molar-refractivity contribution is 0.272. The first-order valence-electron chi connectivity index (χ1n) is 9.76. The molecule has 166 valence electrons. The van der Waals surface area contributed by atoms with Gasteiger partial charge in [-0.3, -0.25) is 0 Å². The Hall–Kier alpha value is -3.63. The monoisotopic (exact) mass is 441 g/mol. The highest BCUT2D eigenvalue weighted by Crippen LogP contribution is 2.31. The summed E-state index contributed by atoms with van der Waals surface area (Å²) in [5.41, 5.74) is 11.2. The van der Waals surface area contributed by atoms with Crippen LogP contribution in [0.15, 0.2) is 53.8 Å². The molecule has 0 saturated carbocycles. The van der Waals surface area contributed by atoms with Crippen LogP contribution in [0.1, 0.15) is 11.1 Å². The molecular formula is C22H22F3N7. The number of nitrogens with two attached hydrogens (primary N) is 1. The number of anilines is 2. The fourth-order valence-corrected chi connectivity index (χ4v) is 3.47. The number of nitrogen functional groups attached to an aromatic ring is 1. The molecule has 1 aromatic heterocycles. The number of hydrogen-bond donors (Lipinski definition) is 2. The van der Waals surface area contributed by atoms with E-state index in [9.17, 15) is 13.2 Å². The van der Waals surface area contributed by atoms with Crippen LogP contribution in [0.2, 0.25) is 0 Å². The minimum Gasteiger partial charge on any atom is -0.383 e. The summed E-state index contributed by atoms with van der Waals surface area (Å²) in [6.45, 7) is 0.806. The fourth-order valence-electron chi connectivity index (χ4n) is 3.47. The zero-order chi connectivity index (χ0) is 23.0. The van der Waals surface area contributed by atoms with Gasteiger partial charge in [-0.05, 0) is 43.4 Å². The highest BCUT2D eigenvalue weighted by atomic mass is 19.2. The minimum atomic E-state index is -1.34. The average molecular weight is 441 g/mol. The van der Waals surface area contributed by atoms with Crippen molar-refractivity contribution in [3.05, 3.63) is 77.2 Å². The van der Waals surface area contributed by atoms with E-state index in [1.54, 1.807) is 12.3 Å². The molecular weight excluding hydrogens is 419 g/mol. The maximum absolute atomic E-state index is 14.5. The Morgan fingerprint density at radius 1 is 1.00 bits per heavy atom. The van der Waals surface area contributed by atoms with Gasteiger partial charge in [-0.2, -0.15) is 0 Å². The van der Waals surface area contributed by atoms with Gasteiger partial charge in [-0.1, -0.05) is 24.3 Å². The van der Waals surface area contributed by atoms with Crippen LogP contribution in [0.4, 0.5) is 24.7 Å². The van der Waals surface area contributed by atoms with Gasteiger partial charge in [0.2, 0.25) is 0 Å². The molecule has 2 heterocycles. The van der Waals surface area contributed by atoms with E-state index in [1.165, 1.54) is 12.2 Å². The molecule has 1 aliphatic rings. The summed E-state index contributed by atoms with van der Waals surface area (Å²) >= 11 is 0. The van der Waals surface area contributed by atoms with Crippen molar-refractivity contribution in [2.24, 2.45) is 5.10 Å². The molecule has 0 bridgehead atoms. The molecule has 0 saturated heterocycles. The zero-order valence-corrected chi connectivity index (χ0v) is 17.8. The van der Waals surface area contributed by atoms with Crippen LogP contribution in [-0.4, -0.2) is 42.0 Å². The van der Waals surface area contributed by atoms with E-state index in [4.69, 9.17) is 5.73 Å². The lowest BCUT2D eigenvalue weighted by Gasteiger charge is -2.27. The number of hydrogen-bond acceptors (Lipinski definition) is 7. The third-order valence-electron chi connectivity index (χ3n) is 4.98. The normalized spacial score (nSPS) is 14.1. The van der Waals surface area contributed by atoms with E-state index in [0.29, 0.717) is 5.56 Å². The number of nitrogens with zero attached hydrogens (tertiary/aromatic N) is 5. The van der Waals surface area contributed by atoms with Gasteiger partial charge in [-0.25, -0.2) is 28.7 Å². The third-order valence-corrected chi connectivity index (χ3v) is 4.98. The first-order valence-corrected chi connectivity index (χ1v) is 9.76. The highest BCUT2D eigenvalue weighted by molar-refractivity contribution is 6.13. The summed E-state index contributed by atoms with van der Waals surface area (Å²) in [5, 5.41) is 6.43. The molecule has 1 aliphatic heterocycles. The highest BCUT2D eigenvalue weighted by Gasteiger charge is 2.33. The van der Waals surface area contributed by atoms with Crippen molar-refractivity contribution in [3.63, 3.8) is 0 Å². The lowest BCUT2D eigenvalue weighted by Crippen LogP contribution is -2.44.